The summed E-state index contributed by atoms with van der Waals surface area (Å²) in [4.78, 5) is 16.0. The van der Waals surface area contributed by atoms with Crippen LogP contribution in [-0.2, 0) is 22.3 Å². The van der Waals surface area contributed by atoms with Crippen LogP contribution in [0, 0.1) is 5.92 Å². The third-order valence-electron chi connectivity index (χ3n) is 2.51. The van der Waals surface area contributed by atoms with Crippen LogP contribution in [0.4, 0.5) is 8.78 Å². The van der Waals surface area contributed by atoms with Crippen molar-refractivity contribution in [3.05, 3.63) is 17.3 Å². The summed E-state index contributed by atoms with van der Waals surface area (Å²) in [5, 5.41) is 0. The summed E-state index contributed by atoms with van der Waals surface area (Å²) in [6, 6.07) is 0. The number of hydrogen-bond acceptors (Lipinski definition) is 5. The highest BCUT2D eigenvalue weighted by Crippen LogP contribution is 2.17. The molecule has 1 aromatic heterocycles. The number of esters is 1. The molecule has 0 N–H and O–H groups in total. The smallest absolute Gasteiger partial charge is 0.376 e. The molecular weight excluding hydrogens is 284 g/mol. The van der Waals surface area contributed by atoms with Gasteiger partial charge in [-0.1, -0.05) is 13.8 Å². The Morgan fingerprint density at radius 1 is 1.38 bits per heavy atom. The normalized spacial score (nSPS) is 11.4. The van der Waals surface area contributed by atoms with Gasteiger partial charge in [-0.25, -0.2) is 18.6 Å². The summed E-state index contributed by atoms with van der Waals surface area (Å²) in [6.07, 6.45) is -1.69. The van der Waals surface area contributed by atoms with Crippen LogP contribution < -0.4 is 0 Å². The van der Waals surface area contributed by atoms with E-state index in [0.717, 1.165) is 0 Å². The Morgan fingerprint density at radius 3 is 2.67 bits per heavy atom. The van der Waals surface area contributed by atoms with E-state index in [2.05, 4.69) is 4.98 Å². The summed E-state index contributed by atoms with van der Waals surface area (Å²) in [7, 11) is 0. The molecule has 5 nitrogen and oxygen atoms in total. The van der Waals surface area contributed by atoms with E-state index in [-0.39, 0.29) is 25.4 Å². The fraction of sp³-hybridized carbons (Fsp3) is 0.714. The molecule has 0 bridgehead atoms. The molecule has 0 spiro atoms. The first-order valence-corrected chi connectivity index (χ1v) is 6.95. The average Bonchev–Trinajstić information content (AvgIpc) is 2.77. The van der Waals surface area contributed by atoms with Crippen molar-refractivity contribution in [2.45, 2.75) is 40.0 Å². The molecule has 1 aromatic rings. The number of halogens is 2. The standard InChI is InChI=1S/C14H21F2NO4/c1-4-20-14(18)13-10(7-9(2)3)17-12(21-13)5-6-19-8-11(15)16/h9,11H,4-8H2,1-3H3. The molecule has 0 fully saturated rings. The van der Waals surface area contributed by atoms with E-state index >= 15 is 0 Å². The van der Waals surface area contributed by atoms with Crippen molar-refractivity contribution in [2.24, 2.45) is 5.92 Å². The van der Waals surface area contributed by atoms with E-state index < -0.39 is 19.0 Å². The number of ether oxygens (including phenoxy) is 2. The Bertz CT molecular complexity index is 446. The zero-order chi connectivity index (χ0) is 15.8. The number of aromatic nitrogens is 1. The second-order valence-corrected chi connectivity index (χ2v) is 4.92. The Morgan fingerprint density at radius 2 is 2.10 bits per heavy atom. The van der Waals surface area contributed by atoms with E-state index in [9.17, 15) is 13.6 Å². The van der Waals surface area contributed by atoms with E-state index in [1.165, 1.54) is 0 Å². The minimum absolute atomic E-state index is 0.0637. The van der Waals surface area contributed by atoms with Gasteiger partial charge in [-0.05, 0) is 19.3 Å². The van der Waals surface area contributed by atoms with Crippen LogP contribution in [-0.4, -0.2) is 37.2 Å². The van der Waals surface area contributed by atoms with Gasteiger partial charge in [0.2, 0.25) is 5.76 Å². The number of carbonyl (C=O) groups excluding carboxylic acids is 1. The van der Waals surface area contributed by atoms with Crippen LogP contribution >= 0.6 is 0 Å². The van der Waals surface area contributed by atoms with Crippen LogP contribution in [0.3, 0.4) is 0 Å². The Labute approximate surface area is 122 Å². The summed E-state index contributed by atoms with van der Waals surface area (Å²) >= 11 is 0. The number of oxazole rings is 1. The van der Waals surface area contributed by atoms with Gasteiger partial charge >= 0.3 is 5.97 Å². The topological polar surface area (TPSA) is 61.6 Å². The van der Waals surface area contributed by atoms with Crippen molar-refractivity contribution >= 4 is 5.97 Å². The molecule has 0 unspecified atom stereocenters. The first-order valence-electron chi connectivity index (χ1n) is 6.95. The third kappa shape index (κ3) is 6.20. The molecule has 0 saturated carbocycles. The second kappa shape index (κ2) is 8.71. The molecule has 0 atom stereocenters. The molecule has 120 valence electrons. The van der Waals surface area contributed by atoms with Gasteiger partial charge in [0.1, 0.15) is 6.61 Å². The van der Waals surface area contributed by atoms with Crippen molar-refractivity contribution in [1.29, 1.82) is 0 Å². The number of carbonyl (C=O) groups is 1. The predicted octanol–water partition coefficient (Wildman–Crippen LogP) is 2.87. The predicted molar refractivity (Wildman–Crippen MR) is 71.5 cm³/mol. The molecule has 0 aliphatic rings. The van der Waals surface area contributed by atoms with E-state index in [4.69, 9.17) is 13.9 Å². The number of nitrogens with zero attached hydrogens (tertiary/aromatic N) is 1. The SMILES string of the molecule is CCOC(=O)c1oc(CCOCC(F)F)nc1CC(C)C. The minimum Gasteiger partial charge on any atom is -0.460 e. The van der Waals surface area contributed by atoms with Crippen molar-refractivity contribution in [3.63, 3.8) is 0 Å². The molecule has 0 amide bonds. The number of rotatable bonds is 9. The highest BCUT2D eigenvalue weighted by Gasteiger charge is 2.22. The average molecular weight is 305 g/mol. The molecule has 0 aromatic carbocycles. The summed E-state index contributed by atoms with van der Waals surface area (Å²) < 4.78 is 38.9. The summed E-state index contributed by atoms with van der Waals surface area (Å²) in [5.41, 5.74) is 0.535. The first-order chi connectivity index (χ1) is 9.93. The summed E-state index contributed by atoms with van der Waals surface area (Å²) in [6.45, 7) is 5.38. The highest BCUT2D eigenvalue weighted by molar-refractivity contribution is 5.87. The van der Waals surface area contributed by atoms with E-state index in [0.29, 0.717) is 23.9 Å². The molecule has 0 saturated heterocycles. The minimum atomic E-state index is -2.50. The molecule has 0 aliphatic carbocycles. The third-order valence-corrected chi connectivity index (χ3v) is 2.51. The van der Waals surface area contributed by atoms with Gasteiger partial charge < -0.3 is 13.9 Å². The molecule has 1 heterocycles. The monoisotopic (exact) mass is 305 g/mol. The van der Waals surface area contributed by atoms with Crippen LogP contribution in [0.5, 0.6) is 0 Å². The molecule has 0 aliphatic heterocycles. The fourth-order valence-corrected chi connectivity index (χ4v) is 1.72. The largest absolute Gasteiger partial charge is 0.460 e. The van der Waals surface area contributed by atoms with E-state index in [1.54, 1.807) is 6.92 Å². The zero-order valence-corrected chi connectivity index (χ0v) is 12.5. The second-order valence-electron chi connectivity index (χ2n) is 4.92. The van der Waals surface area contributed by atoms with Crippen LogP contribution in [0.15, 0.2) is 4.42 Å². The lowest BCUT2D eigenvalue weighted by Gasteiger charge is -2.02. The van der Waals surface area contributed by atoms with Gasteiger partial charge in [0.05, 0.1) is 18.9 Å². The maximum Gasteiger partial charge on any atom is 0.376 e. The number of hydrogen-bond donors (Lipinski definition) is 0. The quantitative estimate of drug-likeness (QED) is 0.518. The highest BCUT2D eigenvalue weighted by atomic mass is 19.3. The maximum atomic E-state index is 11.9. The van der Waals surface area contributed by atoms with Crippen molar-refractivity contribution < 1.29 is 27.5 Å². The Balaban J connectivity index is 2.70. The van der Waals surface area contributed by atoms with Crippen molar-refractivity contribution in [2.75, 3.05) is 19.8 Å². The lowest BCUT2D eigenvalue weighted by molar-refractivity contribution is 0.0172. The maximum absolute atomic E-state index is 11.9. The molecule has 1 rings (SSSR count). The molecule has 7 heteroatoms. The van der Waals surface area contributed by atoms with Crippen LogP contribution in [0.25, 0.3) is 0 Å². The zero-order valence-electron chi connectivity index (χ0n) is 12.5. The van der Waals surface area contributed by atoms with E-state index in [1.807, 2.05) is 13.8 Å². The number of alkyl halides is 2. The first kappa shape index (κ1) is 17.6. The van der Waals surface area contributed by atoms with Gasteiger partial charge in [-0.2, -0.15) is 0 Å². The van der Waals surface area contributed by atoms with Crippen molar-refractivity contribution in [3.8, 4) is 0 Å². The molecule has 21 heavy (non-hydrogen) atoms. The fourth-order valence-electron chi connectivity index (χ4n) is 1.72. The van der Waals surface area contributed by atoms with Crippen LogP contribution in [0.2, 0.25) is 0 Å². The molecule has 0 radical (unpaired) electrons. The van der Waals surface area contributed by atoms with Crippen LogP contribution in [0.1, 0.15) is 42.9 Å². The Kier molecular flexibility index (Phi) is 7.28. The molecular formula is C14H21F2NO4. The van der Waals surface area contributed by atoms with Gasteiger partial charge in [-0.15, -0.1) is 0 Å². The van der Waals surface area contributed by atoms with Crippen molar-refractivity contribution in [1.82, 2.24) is 4.98 Å². The van der Waals surface area contributed by atoms with Gasteiger partial charge in [0.15, 0.2) is 5.89 Å². The van der Waals surface area contributed by atoms with Gasteiger partial charge in [0.25, 0.3) is 6.43 Å². The Hall–Kier alpha value is -1.50. The lowest BCUT2D eigenvalue weighted by Crippen LogP contribution is -2.08. The van der Waals surface area contributed by atoms with Gasteiger partial charge in [-0.3, -0.25) is 0 Å². The lowest BCUT2D eigenvalue weighted by atomic mass is 10.1. The van der Waals surface area contributed by atoms with Gasteiger partial charge in [0, 0.05) is 6.42 Å². The summed E-state index contributed by atoms with van der Waals surface area (Å²) in [5.74, 6) is 0.129.